The van der Waals surface area contributed by atoms with E-state index in [4.69, 9.17) is 0 Å². The second kappa shape index (κ2) is 5.83. The van der Waals surface area contributed by atoms with Crippen LogP contribution in [-0.4, -0.2) is 48.6 Å². The standard InChI is InChI=1S/C14H26N2/c1-13(2)12-15-8-10-16(11-9-15)14-6-4-3-5-7-14/h14H,1,3-12H2,2H3. The van der Waals surface area contributed by atoms with Gasteiger partial charge in [-0.3, -0.25) is 9.80 Å². The highest BCUT2D eigenvalue weighted by molar-refractivity contribution is 4.93. The summed E-state index contributed by atoms with van der Waals surface area (Å²) in [5, 5.41) is 0. The molecule has 16 heavy (non-hydrogen) atoms. The van der Waals surface area contributed by atoms with E-state index in [1.165, 1.54) is 63.9 Å². The predicted octanol–water partition coefficient (Wildman–Crippen LogP) is 2.51. The number of hydrogen-bond donors (Lipinski definition) is 0. The second-order valence-corrected chi connectivity index (χ2v) is 5.56. The molecule has 1 saturated heterocycles. The highest BCUT2D eigenvalue weighted by atomic mass is 15.3. The fourth-order valence-corrected chi connectivity index (χ4v) is 3.11. The van der Waals surface area contributed by atoms with Crippen molar-refractivity contribution in [1.29, 1.82) is 0 Å². The molecule has 2 heteroatoms. The van der Waals surface area contributed by atoms with Crippen molar-refractivity contribution in [2.75, 3.05) is 32.7 Å². The van der Waals surface area contributed by atoms with E-state index in [9.17, 15) is 0 Å². The molecular formula is C14H26N2. The van der Waals surface area contributed by atoms with Crippen molar-refractivity contribution in [3.8, 4) is 0 Å². The van der Waals surface area contributed by atoms with Gasteiger partial charge in [-0.15, -0.1) is 0 Å². The molecule has 0 bridgehead atoms. The van der Waals surface area contributed by atoms with Crippen LogP contribution < -0.4 is 0 Å². The lowest BCUT2D eigenvalue weighted by atomic mass is 9.94. The van der Waals surface area contributed by atoms with Gasteiger partial charge < -0.3 is 0 Å². The van der Waals surface area contributed by atoms with Crippen LogP contribution in [0.3, 0.4) is 0 Å². The summed E-state index contributed by atoms with van der Waals surface area (Å²) in [4.78, 5) is 5.27. The minimum atomic E-state index is 0.903. The topological polar surface area (TPSA) is 6.48 Å². The van der Waals surface area contributed by atoms with Crippen molar-refractivity contribution in [3.63, 3.8) is 0 Å². The number of piperazine rings is 1. The van der Waals surface area contributed by atoms with Crippen LogP contribution in [-0.2, 0) is 0 Å². The smallest absolute Gasteiger partial charge is 0.0188 e. The van der Waals surface area contributed by atoms with Crippen LogP contribution >= 0.6 is 0 Å². The van der Waals surface area contributed by atoms with E-state index in [-0.39, 0.29) is 0 Å². The van der Waals surface area contributed by atoms with Crippen molar-refractivity contribution >= 4 is 0 Å². The van der Waals surface area contributed by atoms with Gasteiger partial charge in [0.1, 0.15) is 0 Å². The Morgan fingerprint density at radius 1 is 1.06 bits per heavy atom. The minimum absolute atomic E-state index is 0.903. The van der Waals surface area contributed by atoms with Gasteiger partial charge in [0.2, 0.25) is 0 Å². The van der Waals surface area contributed by atoms with Crippen LogP contribution in [0.2, 0.25) is 0 Å². The number of nitrogens with zero attached hydrogens (tertiary/aromatic N) is 2. The Bertz CT molecular complexity index is 223. The van der Waals surface area contributed by atoms with Crippen LogP contribution in [0.5, 0.6) is 0 Å². The Kier molecular flexibility index (Phi) is 4.42. The van der Waals surface area contributed by atoms with Crippen LogP contribution in [0.1, 0.15) is 39.0 Å². The largest absolute Gasteiger partial charge is 0.298 e. The predicted molar refractivity (Wildman–Crippen MR) is 69.7 cm³/mol. The summed E-state index contributed by atoms with van der Waals surface area (Å²) >= 11 is 0. The van der Waals surface area contributed by atoms with Gasteiger partial charge in [0, 0.05) is 38.8 Å². The minimum Gasteiger partial charge on any atom is -0.298 e. The highest BCUT2D eigenvalue weighted by Crippen LogP contribution is 2.23. The van der Waals surface area contributed by atoms with Crippen LogP contribution in [0, 0.1) is 0 Å². The molecule has 0 N–H and O–H groups in total. The third kappa shape index (κ3) is 3.33. The maximum atomic E-state index is 4.00. The molecule has 1 heterocycles. The zero-order chi connectivity index (χ0) is 11.4. The van der Waals surface area contributed by atoms with Gasteiger partial charge in [-0.2, -0.15) is 0 Å². The molecule has 0 aromatic rings. The average Bonchev–Trinajstić information content (AvgIpc) is 2.30. The van der Waals surface area contributed by atoms with Gasteiger partial charge in [0.15, 0.2) is 0 Å². The third-order valence-corrected chi connectivity index (χ3v) is 3.99. The molecule has 0 unspecified atom stereocenters. The van der Waals surface area contributed by atoms with E-state index in [1.54, 1.807) is 0 Å². The summed E-state index contributed by atoms with van der Waals surface area (Å²) in [6.45, 7) is 12.3. The SMILES string of the molecule is C=C(C)CN1CCN(C2CCCCC2)CC1. The molecule has 92 valence electrons. The Morgan fingerprint density at radius 3 is 2.25 bits per heavy atom. The first-order valence-electron chi connectivity index (χ1n) is 6.86. The Balaban J connectivity index is 1.73. The molecule has 1 aliphatic carbocycles. The molecule has 1 saturated carbocycles. The zero-order valence-corrected chi connectivity index (χ0v) is 10.7. The Hall–Kier alpha value is -0.340. The molecule has 0 aromatic heterocycles. The molecule has 0 atom stereocenters. The van der Waals surface area contributed by atoms with Crippen LogP contribution in [0.25, 0.3) is 0 Å². The fraction of sp³-hybridized carbons (Fsp3) is 0.857. The summed E-state index contributed by atoms with van der Waals surface area (Å²) in [5.74, 6) is 0. The molecule has 2 aliphatic rings. The van der Waals surface area contributed by atoms with Crippen molar-refractivity contribution in [1.82, 2.24) is 9.80 Å². The first-order chi connectivity index (χ1) is 7.75. The van der Waals surface area contributed by atoms with Crippen molar-refractivity contribution in [2.24, 2.45) is 0 Å². The molecule has 2 nitrogen and oxygen atoms in total. The van der Waals surface area contributed by atoms with Gasteiger partial charge in [-0.25, -0.2) is 0 Å². The summed E-state index contributed by atoms with van der Waals surface area (Å²) in [5.41, 5.74) is 1.30. The van der Waals surface area contributed by atoms with Crippen molar-refractivity contribution in [2.45, 2.75) is 45.1 Å². The average molecular weight is 222 g/mol. The van der Waals surface area contributed by atoms with Gasteiger partial charge in [0.05, 0.1) is 0 Å². The first kappa shape index (κ1) is 12.1. The third-order valence-electron chi connectivity index (χ3n) is 3.99. The van der Waals surface area contributed by atoms with E-state index in [0.29, 0.717) is 0 Å². The lowest BCUT2D eigenvalue weighted by Crippen LogP contribution is -2.50. The van der Waals surface area contributed by atoms with Gasteiger partial charge in [0.25, 0.3) is 0 Å². The van der Waals surface area contributed by atoms with Crippen molar-refractivity contribution in [3.05, 3.63) is 12.2 Å². The lowest BCUT2D eigenvalue weighted by molar-refractivity contribution is 0.0836. The summed E-state index contributed by atoms with van der Waals surface area (Å²) in [6, 6.07) is 0.903. The molecule has 0 spiro atoms. The molecule has 0 aromatic carbocycles. The number of hydrogen-bond acceptors (Lipinski definition) is 2. The van der Waals surface area contributed by atoms with Gasteiger partial charge in [-0.05, 0) is 19.8 Å². The molecule has 0 radical (unpaired) electrons. The lowest BCUT2D eigenvalue weighted by Gasteiger charge is -2.40. The summed E-state index contributed by atoms with van der Waals surface area (Å²) in [7, 11) is 0. The monoisotopic (exact) mass is 222 g/mol. The van der Waals surface area contributed by atoms with Crippen LogP contribution in [0.4, 0.5) is 0 Å². The van der Waals surface area contributed by atoms with E-state index in [2.05, 4.69) is 23.3 Å². The van der Waals surface area contributed by atoms with Gasteiger partial charge >= 0.3 is 0 Å². The highest BCUT2D eigenvalue weighted by Gasteiger charge is 2.24. The first-order valence-corrected chi connectivity index (χ1v) is 6.86. The molecule has 2 rings (SSSR count). The quantitative estimate of drug-likeness (QED) is 0.677. The molecule has 1 aliphatic heterocycles. The Labute approximate surface area is 100 Å². The van der Waals surface area contributed by atoms with Gasteiger partial charge in [-0.1, -0.05) is 31.4 Å². The zero-order valence-electron chi connectivity index (χ0n) is 10.7. The molecule has 2 fully saturated rings. The van der Waals surface area contributed by atoms with E-state index in [0.717, 1.165) is 12.6 Å². The second-order valence-electron chi connectivity index (χ2n) is 5.56. The van der Waals surface area contributed by atoms with E-state index < -0.39 is 0 Å². The maximum absolute atomic E-state index is 4.00. The summed E-state index contributed by atoms with van der Waals surface area (Å²) in [6.07, 6.45) is 7.26. The normalized spacial score (nSPS) is 25.8. The Morgan fingerprint density at radius 2 is 1.69 bits per heavy atom. The summed E-state index contributed by atoms with van der Waals surface area (Å²) < 4.78 is 0. The fourth-order valence-electron chi connectivity index (χ4n) is 3.11. The molecular weight excluding hydrogens is 196 g/mol. The van der Waals surface area contributed by atoms with Crippen molar-refractivity contribution < 1.29 is 0 Å². The number of rotatable bonds is 3. The molecule has 0 amide bonds. The van der Waals surface area contributed by atoms with E-state index in [1.807, 2.05) is 0 Å². The maximum Gasteiger partial charge on any atom is 0.0188 e. The van der Waals surface area contributed by atoms with E-state index >= 15 is 0 Å². The van der Waals surface area contributed by atoms with Crippen LogP contribution in [0.15, 0.2) is 12.2 Å².